The summed E-state index contributed by atoms with van der Waals surface area (Å²) in [6.07, 6.45) is 0. The van der Waals surface area contributed by atoms with Crippen molar-refractivity contribution in [2.75, 3.05) is 26.2 Å². The highest BCUT2D eigenvalue weighted by Crippen LogP contribution is 2.15. The molecule has 24 heavy (non-hydrogen) atoms. The Bertz CT molecular complexity index is 728. The van der Waals surface area contributed by atoms with Crippen LogP contribution in [0.15, 0.2) is 42.5 Å². The maximum atomic E-state index is 13.3. The van der Waals surface area contributed by atoms with Crippen LogP contribution in [0.25, 0.3) is 0 Å². The largest absolute Gasteiger partial charge is 0.336 e. The van der Waals surface area contributed by atoms with Gasteiger partial charge in [0.1, 0.15) is 0 Å². The molecule has 6 heteroatoms. The van der Waals surface area contributed by atoms with E-state index >= 15 is 0 Å². The van der Waals surface area contributed by atoms with E-state index in [-0.39, 0.29) is 11.5 Å². The summed E-state index contributed by atoms with van der Waals surface area (Å²) < 4.78 is 26.2. The number of rotatable bonds is 3. The van der Waals surface area contributed by atoms with Crippen molar-refractivity contribution in [1.82, 2.24) is 9.80 Å². The van der Waals surface area contributed by atoms with Crippen molar-refractivity contribution in [2.45, 2.75) is 6.54 Å². The fourth-order valence-corrected chi connectivity index (χ4v) is 2.89. The van der Waals surface area contributed by atoms with Crippen LogP contribution in [0.5, 0.6) is 0 Å². The van der Waals surface area contributed by atoms with E-state index in [1.807, 2.05) is 24.3 Å². The molecule has 126 valence electrons. The number of nitrogens with zero attached hydrogens (tertiary/aromatic N) is 2. The van der Waals surface area contributed by atoms with Gasteiger partial charge in [0.15, 0.2) is 11.6 Å². The maximum Gasteiger partial charge on any atom is 0.254 e. The van der Waals surface area contributed by atoms with E-state index in [0.29, 0.717) is 18.1 Å². The molecule has 1 amide bonds. The molecular weight excluding hydrogens is 334 g/mol. The number of benzene rings is 2. The quantitative estimate of drug-likeness (QED) is 0.844. The summed E-state index contributed by atoms with van der Waals surface area (Å²) in [6.45, 7) is 3.39. The first kappa shape index (κ1) is 16.9. The molecule has 1 aliphatic rings. The fraction of sp³-hybridized carbons (Fsp3) is 0.278. The molecule has 0 saturated carbocycles. The van der Waals surface area contributed by atoms with Gasteiger partial charge in [0.25, 0.3) is 5.91 Å². The Morgan fingerprint density at radius 1 is 0.958 bits per heavy atom. The first-order valence-electron chi connectivity index (χ1n) is 7.74. The van der Waals surface area contributed by atoms with E-state index in [4.69, 9.17) is 11.6 Å². The number of hydrogen-bond donors (Lipinski definition) is 0. The van der Waals surface area contributed by atoms with Gasteiger partial charge >= 0.3 is 0 Å². The lowest BCUT2D eigenvalue weighted by Crippen LogP contribution is -2.48. The molecule has 0 radical (unpaired) electrons. The van der Waals surface area contributed by atoms with E-state index in [9.17, 15) is 13.6 Å². The number of carbonyl (C=O) groups is 1. The lowest BCUT2D eigenvalue weighted by atomic mass is 10.1. The Kier molecular flexibility index (Phi) is 5.11. The molecule has 1 heterocycles. The minimum Gasteiger partial charge on any atom is -0.336 e. The van der Waals surface area contributed by atoms with Crippen LogP contribution >= 0.6 is 11.6 Å². The van der Waals surface area contributed by atoms with Crippen molar-refractivity contribution in [3.8, 4) is 0 Å². The Balaban J connectivity index is 1.57. The Morgan fingerprint density at radius 2 is 1.62 bits per heavy atom. The van der Waals surface area contributed by atoms with Crippen LogP contribution in [0.3, 0.4) is 0 Å². The van der Waals surface area contributed by atoms with E-state index in [1.165, 1.54) is 11.6 Å². The summed E-state index contributed by atoms with van der Waals surface area (Å²) in [6, 6.07) is 11.0. The van der Waals surface area contributed by atoms with Gasteiger partial charge in [-0.05, 0) is 35.9 Å². The van der Waals surface area contributed by atoms with Crippen LogP contribution in [0.1, 0.15) is 15.9 Å². The first-order valence-corrected chi connectivity index (χ1v) is 8.12. The van der Waals surface area contributed by atoms with Crippen molar-refractivity contribution >= 4 is 17.5 Å². The van der Waals surface area contributed by atoms with Crippen LogP contribution in [0.2, 0.25) is 5.02 Å². The van der Waals surface area contributed by atoms with Crippen molar-refractivity contribution in [3.05, 3.63) is 70.2 Å². The van der Waals surface area contributed by atoms with Gasteiger partial charge < -0.3 is 4.90 Å². The third kappa shape index (κ3) is 3.91. The highest BCUT2D eigenvalue weighted by Gasteiger charge is 2.22. The standard InChI is InChI=1S/C18H17ClF2N2O/c19-15-4-1-13(2-5-15)12-22-7-9-23(10-8-22)18(24)14-3-6-16(20)17(21)11-14/h1-6,11H,7-10,12H2. The molecule has 1 aliphatic heterocycles. The van der Waals surface area contributed by atoms with Crippen LogP contribution in [-0.2, 0) is 6.54 Å². The van der Waals surface area contributed by atoms with E-state index < -0.39 is 11.6 Å². The molecule has 1 fully saturated rings. The van der Waals surface area contributed by atoms with E-state index in [1.54, 1.807) is 4.90 Å². The number of piperazine rings is 1. The van der Waals surface area contributed by atoms with Gasteiger partial charge in [-0.2, -0.15) is 0 Å². The lowest BCUT2D eigenvalue weighted by Gasteiger charge is -2.34. The maximum absolute atomic E-state index is 13.3. The van der Waals surface area contributed by atoms with Gasteiger partial charge in [-0.15, -0.1) is 0 Å². The highest BCUT2D eigenvalue weighted by atomic mass is 35.5. The first-order chi connectivity index (χ1) is 11.5. The molecule has 3 nitrogen and oxygen atoms in total. The summed E-state index contributed by atoms with van der Waals surface area (Å²) in [5.41, 5.74) is 1.35. The van der Waals surface area contributed by atoms with Crippen molar-refractivity contribution in [1.29, 1.82) is 0 Å². The summed E-state index contributed by atoms with van der Waals surface area (Å²) >= 11 is 5.88. The Hall–Kier alpha value is -1.98. The van der Waals surface area contributed by atoms with Crippen molar-refractivity contribution in [2.24, 2.45) is 0 Å². The topological polar surface area (TPSA) is 23.6 Å². The van der Waals surface area contributed by atoms with Crippen LogP contribution in [-0.4, -0.2) is 41.9 Å². The third-order valence-corrected chi connectivity index (χ3v) is 4.40. The van der Waals surface area contributed by atoms with E-state index in [2.05, 4.69) is 4.90 Å². The summed E-state index contributed by atoms with van der Waals surface area (Å²) in [5, 5.41) is 0.709. The zero-order valence-corrected chi connectivity index (χ0v) is 13.8. The molecule has 0 aromatic heterocycles. The second kappa shape index (κ2) is 7.28. The van der Waals surface area contributed by atoms with Crippen LogP contribution in [0, 0.1) is 11.6 Å². The normalized spacial score (nSPS) is 15.5. The predicted octanol–water partition coefficient (Wildman–Crippen LogP) is 3.58. The minimum atomic E-state index is -0.998. The zero-order chi connectivity index (χ0) is 17.1. The minimum absolute atomic E-state index is 0.181. The Labute approximate surface area is 144 Å². The van der Waals surface area contributed by atoms with Crippen LogP contribution < -0.4 is 0 Å². The van der Waals surface area contributed by atoms with Gasteiger partial charge in [0, 0.05) is 43.3 Å². The van der Waals surface area contributed by atoms with Crippen LogP contribution in [0.4, 0.5) is 8.78 Å². The molecule has 0 unspecified atom stereocenters. The van der Waals surface area contributed by atoms with E-state index in [0.717, 1.165) is 31.8 Å². The molecule has 0 aliphatic carbocycles. The summed E-state index contributed by atoms with van der Waals surface area (Å²) in [7, 11) is 0. The van der Waals surface area contributed by atoms with Crippen molar-refractivity contribution in [3.63, 3.8) is 0 Å². The number of carbonyl (C=O) groups excluding carboxylic acids is 1. The monoisotopic (exact) mass is 350 g/mol. The SMILES string of the molecule is O=C(c1ccc(F)c(F)c1)N1CCN(Cc2ccc(Cl)cc2)CC1. The molecule has 0 N–H and O–H groups in total. The fourth-order valence-electron chi connectivity index (χ4n) is 2.77. The average Bonchev–Trinajstić information content (AvgIpc) is 2.59. The molecule has 0 bridgehead atoms. The van der Waals surface area contributed by atoms with Gasteiger partial charge in [0.05, 0.1) is 0 Å². The lowest BCUT2D eigenvalue weighted by molar-refractivity contribution is 0.0628. The second-order valence-corrected chi connectivity index (χ2v) is 6.26. The average molecular weight is 351 g/mol. The smallest absolute Gasteiger partial charge is 0.254 e. The molecule has 0 atom stereocenters. The van der Waals surface area contributed by atoms with Gasteiger partial charge in [0.2, 0.25) is 0 Å². The third-order valence-electron chi connectivity index (χ3n) is 4.15. The number of halogens is 3. The predicted molar refractivity (Wildman–Crippen MR) is 89.0 cm³/mol. The molecule has 2 aromatic rings. The summed E-state index contributed by atoms with van der Waals surface area (Å²) in [4.78, 5) is 16.3. The molecule has 1 saturated heterocycles. The van der Waals surface area contributed by atoms with Crippen molar-refractivity contribution < 1.29 is 13.6 Å². The summed E-state index contributed by atoms with van der Waals surface area (Å²) in [5.74, 6) is -2.21. The molecule has 0 spiro atoms. The molecule has 2 aromatic carbocycles. The molecular formula is C18H17ClF2N2O. The number of amides is 1. The molecule has 3 rings (SSSR count). The second-order valence-electron chi connectivity index (χ2n) is 5.82. The Morgan fingerprint density at radius 3 is 2.25 bits per heavy atom. The van der Waals surface area contributed by atoms with Gasteiger partial charge in [-0.25, -0.2) is 8.78 Å². The van der Waals surface area contributed by atoms with Gasteiger partial charge in [-0.3, -0.25) is 9.69 Å². The highest BCUT2D eigenvalue weighted by molar-refractivity contribution is 6.30. The zero-order valence-electron chi connectivity index (χ0n) is 13.0. The number of hydrogen-bond acceptors (Lipinski definition) is 2. The van der Waals surface area contributed by atoms with Gasteiger partial charge in [-0.1, -0.05) is 23.7 Å².